The lowest BCUT2D eigenvalue weighted by Gasteiger charge is -2.29. The van der Waals surface area contributed by atoms with E-state index in [4.69, 9.17) is 4.74 Å². The van der Waals surface area contributed by atoms with Crippen molar-refractivity contribution in [2.24, 2.45) is 5.92 Å². The monoisotopic (exact) mass is 375 g/mol. The number of carbonyl (C=O) groups excluding carboxylic acids is 2. The Morgan fingerprint density at radius 1 is 1.37 bits per heavy atom. The van der Waals surface area contributed by atoms with Gasteiger partial charge in [0.25, 0.3) is 0 Å². The number of allylic oxidation sites excluding steroid dienone is 1. The van der Waals surface area contributed by atoms with Crippen LogP contribution >= 0.6 is 0 Å². The zero-order valence-corrected chi connectivity index (χ0v) is 15.0. The second-order valence-corrected chi connectivity index (χ2v) is 6.93. The molecule has 0 spiro atoms. The number of hydrogen-bond donors (Lipinski definition) is 3. The molecule has 1 aliphatic heterocycles. The second kappa shape index (κ2) is 7.26. The lowest BCUT2D eigenvalue weighted by molar-refractivity contribution is -0.385. The number of urea groups is 1. The molecule has 0 radical (unpaired) electrons. The predicted octanol–water partition coefficient (Wildman–Crippen LogP) is 2.66. The minimum Gasteiger partial charge on any atom is -0.502 e. The Hall–Kier alpha value is -3.10. The molecule has 9 nitrogen and oxygen atoms in total. The second-order valence-electron chi connectivity index (χ2n) is 6.93. The summed E-state index contributed by atoms with van der Waals surface area (Å²) in [5, 5.41) is 25.9. The number of hydrogen-bond acceptors (Lipinski definition) is 6. The summed E-state index contributed by atoms with van der Waals surface area (Å²) in [6.45, 7) is 3.60. The SMILES string of the molecule is CC1=C(C(=O)OC2CCCC2C)C(c2ccc(O)c([N+](=O)[O-])c2)NC(=O)N1. The molecule has 1 aliphatic carbocycles. The van der Waals surface area contributed by atoms with Gasteiger partial charge in [0.05, 0.1) is 16.5 Å². The highest BCUT2D eigenvalue weighted by Gasteiger charge is 2.36. The fourth-order valence-electron chi connectivity index (χ4n) is 3.57. The van der Waals surface area contributed by atoms with E-state index >= 15 is 0 Å². The van der Waals surface area contributed by atoms with Crippen LogP contribution in [0.4, 0.5) is 10.5 Å². The predicted molar refractivity (Wildman–Crippen MR) is 94.8 cm³/mol. The number of amides is 2. The maximum absolute atomic E-state index is 12.8. The summed E-state index contributed by atoms with van der Waals surface area (Å²) in [4.78, 5) is 35.1. The van der Waals surface area contributed by atoms with Gasteiger partial charge in [-0.3, -0.25) is 10.1 Å². The van der Waals surface area contributed by atoms with Gasteiger partial charge in [-0.15, -0.1) is 0 Å². The van der Waals surface area contributed by atoms with E-state index in [1.54, 1.807) is 6.92 Å². The summed E-state index contributed by atoms with van der Waals surface area (Å²) in [5.41, 5.74) is 0.319. The Bertz CT molecular complexity index is 834. The van der Waals surface area contributed by atoms with Gasteiger partial charge in [0.2, 0.25) is 0 Å². The van der Waals surface area contributed by atoms with Crippen LogP contribution in [0.25, 0.3) is 0 Å². The molecule has 0 saturated heterocycles. The summed E-state index contributed by atoms with van der Waals surface area (Å²) < 4.78 is 5.65. The van der Waals surface area contributed by atoms with E-state index in [0.29, 0.717) is 11.3 Å². The van der Waals surface area contributed by atoms with Gasteiger partial charge < -0.3 is 20.5 Å². The molecule has 2 amide bonds. The molecule has 0 aromatic heterocycles. The molecule has 3 atom stereocenters. The minimum absolute atomic E-state index is 0.189. The van der Waals surface area contributed by atoms with Gasteiger partial charge in [-0.05, 0) is 43.7 Å². The summed E-state index contributed by atoms with van der Waals surface area (Å²) in [5.74, 6) is -0.803. The largest absolute Gasteiger partial charge is 0.502 e. The first-order chi connectivity index (χ1) is 12.8. The van der Waals surface area contributed by atoms with Crippen molar-refractivity contribution in [1.29, 1.82) is 0 Å². The molecule has 1 aromatic carbocycles. The van der Waals surface area contributed by atoms with Crippen molar-refractivity contribution in [2.75, 3.05) is 0 Å². The summed E-state index contributed by atoms with van der Waals surface area (Å²) in [6.07, 6.45) is 2.57. The smallest absolute Gasteiger partial charge is 0.338 e. The molecule has 1 saturated carbocycles. The number of benzene rings is 1. The van der Waals surface area contributed by atoms with Crippen molar-refractivity contribution in [3.05, 3.63) is 45.1 Å². The van der Waals surface area contributed by atoms with Crippen LogP contribution < -0.4 is 10.6 Å². The Kier molecular flexibility index (Phi) is 5.02. The Balaban J connectivity index is 1.95. The lowest BCUT2D eigenvalue weighted by atomic mass is 9.95. The number of nitro benzene ring substituents is 1. The van der Waals surface area contributed by atoms with Gasteiger partial charge in [0.15, 0.2) is 5.75 Å². The van der Waals surface area contributed by atoms with Crippen molar-refractivity contribution < 1.29 is 24.4 Å². The number of carbonyl (C=O) groups is 2. The fraction of sp³-hybridized carbons (Fsp3) is 0.444. The number of nitrogens with one attached hydrogen (secondary N) is 2. The summed E-state index contributed by atoms with van der Waals surface area (Å²) >= 11 is 0. The Labute approximate surface area is 155 Å². The van der Waals surface area contributed by atoms with E-state index < -0.39 is 34.4 Å². The first-order valence-electron chi connectivity index (χ1n) is 8.74. The normalized spacial score (nSPS) is 25.0. The molecule has 1 fully saturated rings. The van der Waals surface area contributed by atoms with Crippen LogP contribution in [0.3, 0.4) is 0 Å². The van der Waals surface area contributed by atoms with Crippen LogP contribution in [0.1, 0.15) is 44.7 Å². The molecular formula is C18H21N3O6. The first-order valence-corrected chi connectivity index (χ1v) is 8.74. The molecule has 0 bridgehead atoms. The topological polar surface area (TPSA) is 131 Å². The zero-order chi connectivity index (χ0) is 19.7. The van der Waals surface area contributed by atoms with Crippen LogP contribution in [0.5, 0.6) is 5.75 Å². The summed E-state index contributed by atoms with van der Waals surface area (Å²) in [7, 11) is 0. The third-order valence-corrected chi connectivity index (χ3v) is 5.06. The van der Waals surface area contributed by atoms with E-state index in [0.717, 1.165) is 25.3 Å². The van der Waals surface area contributed by atoms with E-state index in [1.165, 1.54) is 12.1 Å². The van der Waals surface area contributed by atoms with E-state index in [9.17, 15) is 24.8 Å². The number of aromatic hydroxyl groups is 1. The van der Waals surface area contributed by atoms with Crippen molar-refractivity contribution in [3.63, 3.8) is 0 Å². The van der Waals surface area contributed by atoms with Gasteiger partial charge in [0.1, 0.15) is 6.10 Å². The van der Waals surface area contributed by atoms with Gasteiger partial charge in [-0.2, -0.15) is 0 Å². The number of nitrogens with zero attached hydrogens (tertiary/aromatic N) is 1. The lowest BCUT2D eigenvalue weighted by Crippen LogP contribution is -2.45. The molecule has 144 valence electrons. The van der Waals surface area contributed by atoms with Crippen LogP contribution in [0.2, 0.25) is 0 Å². The number of ether oxygens (including phenoxy) is 1. The highest BCUT2D eigenvalue weighted by molar-refractivity contribution is 5.95. The van der Waals surface area contributed by atoms with Crippen LogP contribution in [-0.2, 0) is 9.53 Å². The molecule has 1 heterocycles. The maximum Gasteiger partial charge on any atom is 0.338 e. The van der Waals surface area contributed by atoms with Gasteiger partial charge in [0, 0.05) is 11.8 Å². The van der Waals surface area contributed by atoms with Crippen molar-refractivity contribution in [3.8, 4) is 5.75 Å². The van der Waals surface area contributed by atoms with Crippen LogP contribution in [0.15, 0.2) is 29.5 Å². The molecule has 3 rings (SSSR count). The fourth-order valence-corrected chi connectivity index (χ4v) is 3.57. The highest BCUT2D eigenvalue weighted by atomic mass is 16.6. The third kappa shape index (κ3) is 3.71. The molecule has 2 aliphatic rings. The molecular weight excluding hydrogens is 354 g/mol. The van der Waals surface area contributed by atoms with Crippen LogP contribution in [-0.4, -0.2) is 28.1 Å². The van der Waals surface area contributed by atoms with Crippen molar-refractivity contribution in [2.45, 2.75) is 45.3 Å². The summed E-state index contributed by atoms with van der Waals surface area (Å²) in [6, 6.07) is 2.29. The number of phenols is 1. The van der Waals surface area contributed by atoms with E-state index in [1.807, 2.05) is 6.92 Å². The molecule has 3 N–H and O–H groups in total. The molecule has 9 heteroatoms. The van der Waals surface area contributed by atoms with Crippen LogP contribution in [0, 0.1) is 16.0 Å². The standard InChI is InChI=1S/C18H21N3O6/c1-9-4-3-5-14(9)27-17(23)15-10(2)19-18(24)20-16(15)11-6-7-13(22)12(8-11)21(25)26/h6-9,14,16,22H,3-5H2,1-2H3,(H2,19,20,24). The Morgan fingerprint density at radius 2 is 2.11 bits per heavy atom. The quantitative estimate of drug-likeness (QED) is 0.421. The third-order valence-electron chi connectivity index (χ3n) is 5.06. The van der Waals surface area contributed by atoms with Gasteiger partial charge in [-0.25, -0.2) is 9.59 Å². The molecule has 3 unspecified atom stereocenters. The average molecular weight is 375 g/mol. The first kappa shape index (κ1) is 18.7. The zero-order valence-electron chi connectivity index (χ0n) is 15.0. The van der Waals surface area contributed by atoms with Crippen molar-refractivity contribution in [1.82, 2.24) is 10.6 Å². The van der Waals surface area contributed by atoms with Gasteiger partial charge in [-0.1, -0.05) is 13.0 Å². The number of rotatable bonds is 4. The molecule has 1 aromatic rings. The maximum atomic E-state index is 12.8. The number of phenolic OH excluding ortho intramolecular Hbond substituents is 1. The minimum atomic E-state index is -0.915. The number of esters is 1. The van der Waals surface area contributed by atoms with E-state index in [-0.39, 0.29) is 17.6 Å². The van der Waals surface area contributed by atoms with Gasteiger partial charge >= 0.3 is 17.7 Å². The van der Waals surface area contributed by atoms with E-state index in [2.05, 4.69) is 10.6 Å². The number of nitro groups is 1. The average Bonchev–Trinajstić information content (AvgIpc) is 2.99. The Morgan fingerprint density at radius 3 is 2.74 bits per heavy atom. The highest BCUT2D eigenvalue weighted by Crippen LogP contribution is 2.35. The molecule has 27 heavy (non-hydrogen) atoms. The van der Waals surface area contributed by atoms with Crippen molar-refractivity contribution >= 4 is 17.7 Å².